The fourth-order valence-corrected chi connectivity index (χ4v) is 1.49. The molecule has 1 atom stereocenters. The SMILES string of the molecule is CC(CC(=O)NCCCc1ncn[nH]1)C(C)(C)C. The monoisotopic (exact) mass is 252 g/mol. The summed E-state index contributed by atoms with van der Waals surface area (Å²) in [4.78, 5) is 15.7. The largest absolute Gasteiger partial charge is 0.356 e. The smallest absolute Gasteiger partial charge is 0.220 e. The van der Waals surface area contributed by atoms with Gasteiger partial charge in [-0.2, -0.15) is 5.10 Å². The van der Waals surface area contributed by atoms with Crippen LogP contribution in [0.2, 0.25) is 0 Å². The zero-order valence-corrected chi connectivity index (χ0v) is 11.8. The van der Waals surface area contributed by atoms with Gasteiger partial charge >= 0.3 is 0 Å². The van der Waals surface area contributed by atoms with Gasteiger partial charge in [-0.25, -0.2) is 4.98 Å². The molecule has 0 fully saturated rings. The third-order valence-electron chi connectivity index (χ3n) is 3.35. The molecular formula is C13H24N4O. The van der Waals surface area contributed by atoms with Crippen molar-refractivity contribution >= 4 is 5.91 Å². The maximum atomic E-state index is 11.7. The Balaban J connectivity index is 2.14. The van der Waals surface area contributed by atoms with Crippen LogP contribution in [0.5, 0.6) is 0 Å². The first-order valence-electron chi connectivity index (χ1n) is 6.50. The van der Waals surface area contributed by atoms with Crippen molar-refractivity contribution in [1.29, 1.82) is 0 Å². The molecule has 5 heteroatoms. The van der Waals surface area contributed by atoms with E-state index in [1.54, 1.807) is 0 Å². The lowest BCUT2D eigenvalue weighted by molar-refractivity contribution is -0.122. The van der Waals surface area contributed by atoms with Gasteiger partial charge in [0.25, 0.3) is 0 Å². The summed E-state index contributed by atoms with van der Waals surface area (Å²) in [6.07, 6.45) is 3.78. The molecule has 0 aliphatic heterocycles. The summed E-state index contributed by atoms with van der Waals surface area (Å²) in [5.41, 5.74) is 0.178. The number of carbonyl (C=O) groups is 1. The highest BCUT2D eigenvalue weighted by molar-refractivity contribution is 5.76. The van der Waals surface area contributed by atoms with E-state index < -0.39 is 0 Å². The third kappa shape index (κ3) is 5.29. The lowest BCUT2D eigenvalue weighted by Gasteiger charge is -2.26. The molecule has 5 nitrogen and oxygen atoms in total. The lowest BCUT2D eigenvalue weighted by Crippen LogP contribution is -2.30. The van der Waals surface area contributed by atoms with Gasteiger partial charge in [0.1, 0.15) is 12.2 Å². The topological polar surface area (TPSA) is 70.7 Å². The molecular weight excluding hydrogens is 228 g/mol. The van der Waals surface area contributed by atoms with Gasteiger partial charge in [0, 0.05) is 19.4 Å². The molecule has 2 N–H and O–H groups in total. The van der Waals surface area contributed by atoms with Crippen molar-refractivity contribution < 1.29 is 4.79 Å². The van der Waals surface area contributed by atoms with Gasteiger partial charge in [-0.1, -0.05) is 27.7 Å². The standard InChI is InChI=1S/C13H24N4O/c1-10(13(2,3)4)8-12(18)14-7-5-6-11-15-9-16-17-11/h9-10H,5-8H2,1-4H3,(H,14,18)(H,15,16,17). The van der Waals surface area contributed by atoms with Crippen LogP contribution < -0.4 is 5.32 Å². The Morgan fingerprint density at radius 3 is 2.78 bits per heavy atom. The summed E-state index contributed by atoms with van der Waals surface area (Å²) in [6, 6.07) is 0. The van der Waals surface area contributed by atoms with Crippen LogP contribution in [0.3, 0.4) is 0 Å². The second-order valence-electron chi connectivity index (χ2n) is 5.86. The fourth-order valence-electron chi connectivity index (χ4n) is 1.49. The van der Waals surface area contributed by atoms with Gasteiger partial charge in [0.05, 0.1) is 0 Å². The van der Waals surface area contributed by atoms with E-state index in [2.05, 4.69) is 48.2 Å². The van der Waals surface area contributed by atoms with Crippen LogP contribution in [-0.2, 0) is 11.2 Å². The Morgan fingerprint density at radius 2 is 2.22 bits per heavy atom. The molecule has 0 saturated heterocycles. The van der Waals surface area contributed by atoms with Crippen LogP contribution in [0.15, 0.2) is 6.33 Å². The summed E-state index contributed by atoms with van der Waals surface area (Å²) in [7, 11) is 0. The molecule has 18 heavy (non-hydrogen) atoms. The summed E-state index contributed by atoms with van der Waals surface area (Å²) >= 11 is 0. The van der Waals surface area contributed by atoms with E-state index in [9.17, 15) is 4.79 Å². The molecule has 0 aliphatic carbocycles. The molecule has 1 heterocycles. The number of aryl methyl sites for hydroxylation is 1. The number of aromatic nitrogens is 3. The average Bonchev–Trinajstić information content (AvgIpc) is 2.75. The minimum atomic E-state index is 0.134. The molecule has 0 spiro atoms. The Hall–Kier alpha value is -1.39. The fraction of sp³-hybridized carbons (Fsp3) is 0.769. The van der Waals surface area contributed by atoms with E-state index in [1.807, 2.05) is 0 Å². The highest BCUT2D eigenvalue weighted by atomic mass is 16.1. The summed E-state index contributed by atoms with van der Waals surface area (Å²) in [5, 5.41) is 9.53. The van der Waals surface area contributed by atoms with Crippen molar-refractivity contribution in [2.24, 2.45) is 11.3 Å². The Kier molecular flexibility index (Phi) is 5.31. The Morgan fingerprint density at radius 1 is 1.50 bits per heavy atom. The van der Waals surface area contributed by atoms with Crippen molar-refractivity contribution in [3.8, 4) is 0 Å². The number of rotatable bonds is 6. The van der Waals surface area contributed by atoms with Gasteiger partial charge in [0.15, 0.2) is 0 Å². The van der Waals surface area contributed by atoms with Crippen LogP contribution in [0.25, 0.3) is 0 Å². The summed E-state index contributed by atoms with van der Waals surface area (Å²) in [5.74, 6) is 1.38. The van der Waals surface area contributed by atoms with Gasteiger partial charge < -0.3 is 5.32 Å². The Labute approximate surface area is 109 Å². The number of H-pyrrole nitrogens is 1. The molecule has 102 valence electrons. The van der Waals surface area contributed by atoms with E-state index >= 15 is 0 Å². The van der Waals surface area contributed by atoms with E-state index in [-0.39, 0.29) is 11.3 Å². The van der Waals surface area contributed by atoms with Crippen molar-refractivity contribution in [2.45, 2.75) is 47.0 Å². The zero-order valence-electron chi connectivity index (χ0n) is 11.8. The number of aromatic amines is 1. The van der Waals surface area contributed by atoms with Gasteiger partial charge in [-0.3, -0.25) is 9.89 Å². The number of nitrogens with one attached hydrogen (secondary N) is 2. The van der Waals surface area contributed by atoms with Crippen molar-refractivity contribution in [1.82, 2.24) is 20.5 Å². The quantitative estimate of drug-likeness (QED) is 0.760. The summed E-state index contributed by atoms with van der Waals surface area (Å²) in [6.45, 7) is 9.29. The maximum Gasteiger partial charge on any atom is 0.220 e. The average molecular weight is 252 g/mol. The predicted octanol–water partition coefficient (Wildman–Crippen LogP) is 1.93. The minimum Gasteiger partial charge on any atom is -0.356 e. The van der Waals surface area contributed by atoms with Gasteiger partial charge in [-0.15, -0.1) is 0 Å². The first-order chi connectivity index (χ1) is 8.39. The highest BCUT2D eigenvalue weighted by Gasteiger charge is 2.22. The maximum absolute atomic E-state index is 11.7. The molecule has 0 aromatic carbocycles. The molecule has 0 bridgehead atoms. The van der Waals surface area contributed by atoms with Crippen LogP contribution in [0.1, 0.15) is 46.4 Å². The predicted molar refractivity (Wildman–Crippen MR) is 70.9 cm³/mol. The third-order valence-corrected chi connectivity index (χ3v) is 3.35. The second-order valence-corrected chi connectivity index (χ2v) is 5.86. The van der Waals surface area contributed by atoms with E-state index in [1.165, 1.54) is 6.33 Å². The number of hydrogen-bond donors (Lipinski definition) is 2. The molecule has 1 amide bonds. The first-order valence-corrected chi connectivity index (χ1v) is 6.50. The minimum absolute atomic E-state index is 0.134. The zero-order chi connectivity index (χ0) is 13.6. The van der Waals surface area contributed by atoms with E-state index in [4.69, 9.17) is 0 Å². The Bertz CT molecular complexity index is 354. The second kappa shape index (κ2) is 6.52. The van der Waals surface area contributed by atoms with Gasteiger partial charge in [0.2, 0.25) is 5.91 Å². The van der Waals surface area contributed by atoms with Crippen LogP contribution in [0.4, 0.5) is 0 Å². The van der Waals surface area contributed by atoms with Crippen LogP contribution in [0, 0.1) is 11.3 Å². The number of hydrogen-bond acceptors (Lipinski definition) is 3. The first kappa shape index (κ1) is 14.7. The number of amides is 1. The van der Waals surface area contributed by atoms with E-state index in [0.29, 0.717) is 18.9 Å². The van der Waals surface area contributed by atoms with Crippen LogP contribution >= 0.6 is 0 Å². The van der Waals surface area contributed by atoms with Crippen molar-refractivity contribution in [3.63, 3.8) is 0 Å². The number of carbonyl (C=O) groups excluding carboxylic acids is 1. The van der Waals surface area contributed by atoms with Crippen molar-refractivity contribution in [2.75, 3.05) is 6.54 Å². The molecule has 1 rings (SSSR count). The van der Waals surface area contributed by atoms with Crippen molar-refractivity contribution in [3.05, 3.63) is 12.2 Å². The molecule has 0 aliphatic rings. The molecule has 1 aromatic heterocycles. The van der Waals surface area contributed by atoms with E-state index in [0.717, 1.165) is 18.7 Å². The molecule has 1 aromatic rings. The van der Waals surface area contributed by atoms with Crippen LogP contribution in [-0.4, -0.2) is 27.6 Å². The van der Waals surface area contributed by atoms with Gasteiger partial charge in [-0.05, 0) is 17.8 Å². The molecule has 1 unspecified atom stereocenters. The number of nitrogens with zero attached hydrogens (tertiary/aromatic N) is 2. The molecule has 0 saturated carbocycles. The molecule has 0 radical (unpaired) electrons. The highest BCUT2D eigenvalue weighted by Crippen LogP contribution is 2.27. The summed E-state index contributed by atoms with van der Waals surface area (Å²) < 4.78 is 0. The lowest BCUT2D eigenvalue weighted by atomic mass is 9.80. The normalized spacial score (nSPS) is 13.3.